The molecule has 0 spiro atoms. The van der Waals surface area contributed by atoms with Crippen molar-refractivity contribution in [2.24, 2.45) is 23.7 Å². The number of carboxylic acid groups (broad SMARTS) is 1. The number of hydrogen-bond acceptors (Lipinski definition) is 4. The molecule has 1 amide bonds. The van der Waals surface area contributed by atoms with E-state index in [1.807, 2.05) is 12.2 Å². The number of carboxylic acids is 1. The Hall–Kier alpha value is -2.13. The van der Waals surface area contributed by atoms with E-state index in [0.29, 0.717) is 10.6 Å². The zero-order valence-corrected chi connectivity index (χ0v) is 13.9. The van der Waals surface area contributed by atoms with Gasteiger partial charge in [-0.1, -0.05) is 12.2 Å². The molecule has 3 aliphatic carbocycles. The van der Waals surface area contributed by atoms with Crippen LogP contribution in [0, 0.1) is 35.0 Å². The molecule has 5 nitrogen and oxygen atoms in total. The maximum atomic E-state index is 12.8. The third kappa shape index (κ3) is 2.27. The fraction of sp³-hybridized carbons (Fsp3) is 0.500. The number of thiophene rings is 1. The van der Waals surface area contributed by atoms with Crippen molar-refractivity contribution in [1.82, 2.24) is 0 Å². The minimum absolute atomic E-state index is 0.00350. The van der Waals surface area contributed by atoms with Gasteiger partial charge in [-0.15, -0.1) is 11.3 Å². The fourth-order valence-electron chi connectivity index (χ4n) is 4.48. The Bertz CT molecular complexity index is 789. The predicted molar refractivity (Wildman–Crippen MR) is 89.7 cm³/mol. The Morgan fingerprint density at radius 1 is 1.21 bits per heavy atom. The van der Waals surface area contributed by atoms with Crippen LogP contribution in [0.25, 0.3) is 0 Å². The van der Waals surface area contributed by atoms with E-state index in [-0.39, 0.29) is 17.7 Å². The molecular weight excluding hydrogens is 324 g/mol. The Balaban J connectivity index is 1.61. The Labute approximate surface area is 144 Å². The number of anilines is 1. The third-order valence-corrected chi connectivity index (χ3v) is 6.77. The molecule has 1 aromatic rings. The first kappa shape index (κ1) is 15.4. The molecule has 2 bridgehead atoms. The molecular formula is C18H18N2O3S. The van der Waals surface area contributed by atoms with E-state index in [0.717, 1.165) is 37.7 Å². The number of nitrogens with one attached hydrogen (secondary N) is 1. The van der Waals surface area contributed by atoms with Crippen molar-refractivity contribution in [2.75, 3.05) is 5.32 Å². The molecule has 0 saturated heterocycles. The van der Waals surface area contributed by atoms with Gasteiger partial charge in [0.05, 0.1) is 17.4 Å². The summed E-state index contributed by atoms with van der Waals surface area (Å²) < 4.78 is 0. The first-order chi connectivity index (χ1) is 11.6. The van der Waals surface area contributed by atoms with Crippen molar-refractivity contribution in [3.63, 3.8) is 0 Å². The lowest BCUT2D eigenvalue weighted by atomic mass is 9.82. The lowest BCUT2D eigenvalue weighted by molar-refractivity contribution is -0.146. The van der Waals surface area contributed by atoms with E-state index in [1.54, 1.807) is 0 Å². The van der Waals surface area contributed by atoms with Gasteiger partial charge in [-0.3, -0.25) is 9.59 Å². The fourth-order valence-corrected chi connectivity index (χ4v) is 5.73. The molecule has 24 heavy (non-hydrogen) atoms. The molecule has 1 fully saturated rings. The van der Waals surface area contributed by atoms with Gasteiger partial charge < -0.3 is 10.4 Å². The maximum Gasteiger partial charge on any atom is 0.307 e. The average Bonchev–Trinajstić information content (AvgIpc) is 3.26. The summed E-state index contributed by atoms with van der Waals surface area (Å²) in [6.45, 7) is 0. The monoisotopic (exact) mass is 342 g/mol. The summed E-state index contributed by atoms with van der Waals surface area (Å²) in [5.74, 6) is -2.40. The number of hydrogen-bond donors (Lipinski definition) is 2. The molecule has 4 atom stereocenters. The normalized spacial score (nSPS) is 30.0. The number of allylic oxidation sites excluding steroid dienone is 2. The first-order valence-electron chi connectivity index (χ1n) is 8.36. The highest BCUT2D eigenvalue weighted by molar-refractivity contribution is 7.16. The van der Waals surface area contributed by atoms with Crippen molar-refractivity contribution >= 4 is 28.2 Å². The number of nitrogens with zero attached hydrogens (tertiary/aromatic N) is 1. The number of rotatable bonds is 3. The van der Waals surface area contributed by atoms with Gasteiger partial charge in [0.15, 0.2) is 0 Å². The van der Waals surface area contributed by atoms with Gasteiger partial charge in [-0.2, -0.15) is 5.26 Å². The summed E-state index contributed by atoms with van der Waals surface area (Å²) >= 11 is 1.48. The van der Waals surface area contributed by atoms with Crippen LogP contribution in [0.2, 0.25) is 0 Å². The van der Waals surface area contributed by atoms with Crippen molar-refractivity contribution in [3.05, 3.63) is 28.2 Å². The molecule has 124 valence electrons. The van der Waals surface area contributed by atoms with Gasteiger partial charge in [0.1, 0.15) is 11.1 Å². The molecule has 1 aromatic heterocycles. The highest BCUT2D eigenvalue weighted by Crippen LogP contribution is 2.49. The van der Waals surface area contributed by atoms with Crippen molar-refractivity contribution in [2.45, 2.75) is 32.1 Å². The van der Waals surface area contributed by atoms with Crippen LogP contribution in [-0.4, -0.2) is 17.0 Å². The van der Waals surface area contributed by atoms with Crippen LogP contribution >= 0.6 is 11.3 Å². The van der Waals surface area contributed by atoms with Gasteiger partial charge in [-0.05, 0) is 49.5 Å². The van der Waals surface area contributed by atoms with Gasteiger partial charge in [0, 0.05) is 4.88 Å². The van der Waals surface area contributed by atoms with Crippen LogP contribution in [0.15, 0.2) is 12.2 Å². The van der Waals surface area contributed by atoms with E-state index < -0.39 is 17.8 Å². The molecule has 0 radical (unpaired) electrons. The summed E-state index contributed by atoms with van der Waals surface area (Å²) in [5.41, 5.74) is 1.65. The van der Waals surface area contributed by atoms with Crippen molar-refractivity contribution in [3.8, 4) is 6.07 Å². The minimum Gasteiger partial charge on any atom is -0.481 e. The molecule has 0 aromatic carbocycles. The van der Waals surface area contributed by atoms with E-state index in [1.165, 1.54) is 16.2 Å². The maximum absolute atomic E-state index is 12.8. The van der Waals surface area contributed by atoms with Crippen LogP contribution in [0.5, 0.6) is 0 Å². The molecule has 3 aliphatic rings. The molecule has 4 rings (SSSR count). The summed E-state index contributed by atoms with van der Waals surface area (Å²) in [4.78, 5) is 25.6. The van der Waals surface area contributed by atoms with Crippen LogP contribution in [0.4, 0.5) is 5.00 Å². The van der Waals surface area contributed by atoms with E-state index in [4.69, 9.17) is 0 Å². The molecule has 0 unspecified atom stereocenters. The lowest BCUT2D eigenvalue weighted by Gasteiger charge is -2.23. The van der Waals surface area contributed by atoms with Crippen molar-refractivity contribution in [1.29, 1.82) is 5.26 Å². The van der Waals surface area contributed by atoms with Gasteiger partial charge in [0.2, 0.25) is 5.91 Å². The first-order valence-corrected chi connectivity index (χ1v) is 9.18. The summed E-state index contributed by atoms with van der Waals surface area (Å²) in [5, 5.41) is 22.5. The van der Waals surface area contributed by atoms with Crippen LogP contribution < -0.4 is 5.32 Å². The number of aliphatic carboxylic acids is 1. The standard InChI is InChI=1S/C18H18N2O3S/c19-8-12-11-3-1-2-4-13(11)24-17(12)20-16(21)14-9-5-6-10(7-9)15(14)18(22)23/h5-6,9-10,14-15H,1-4,7H2,(H,20,21)(H,22,23)/t9-,10-,14-,15+/m0/s1. The Kier molecular flexibility index (Phi) is 3.69. The second kappa shape index (κ2) is 5.75. The predicted octanol–water partition coefficient (Wildman–Crippen LogP) is 2.96. The molecule has 0 aliphatic heterocycles. The summed E-state index contributed by atoms with van der Waals surface area (Å²) in [6, 6.07) is 2.23. The third-order valence-electron chi connectivity index (χ3n) is 5.57. The second-order valence-corrected chi connectivity index (χ2v) is 7.96. The lowest BCUT2D eigenvalue weighted by Crippen LogP contribution is -2.36. The highest BCUT2D eigenvalue weighted by Gasteiger charge is 2.51. The Morgan fingerprint density at radius 3 is 2.62 bits per heavy atom. The molecule has 1 saturated carbocycles. The van der Waals surface area contributed by atoms with Crippen LogP contribution in [0.1, 0.15) is 35.3 Å². The summed E-state index contributed by atoms with van der Waals surface area (Å²) in [6.07, 6.45) is 8.67. The second-order valence-electron chi connectivity index (χ2n) is 6.85. The minimum atomic E-state index is -0.905. The Morgan fingerprint density at radius 2 is 1.92 bits per heavy atom. The number of amides is 1. The van der Waals surface area contributed by atoms with Crippen LogP contribution in [-0.2, 0) is 22.4 Å². The number of carbonyl (C=O) groups is 2. The van der Waals surface area contributed by atoms with Gasteiger partial charge in [-0.25, -0.2) is 0 Å². The van der Waals surface area contributed by atoms with Gasteiger partial charge in [0.25, 0.3) is 0 Å². The smallest absolute Gasteiger partial charge is 0.307 e. The van der Waals surface area contributed by atoms with Gasteiger partial charge >= 0.3 is 5.97 Å². The van der Waals surface area contributed by atoms with E-state index in [9.17, 15) is 20.0 Å². The van der Waals surface area contributed by atoms with E-state index >= 15 is 0 Å². The largest absolute Gasteiger partial charge is 0.481 e. The highest BCUT2D eigenvalue weighted by atomic mass is 32.1. The topological polar surface area (TPSA) is 90.2 Å². The number of nitriles is 1. The zero-order chi connectivity index (χ0) is 16.8. The number of aryl methyl sites for hydroxylation is 1. The molecule has 2 N–H and O–H groups in total. The number of fused-ring (bicyclic) bond motifs is 3. The number of carbonyl (C=O) groups excluding carboxylic acids is 1. The van der Waals surface area contributed by atoms with Crippen molar-refractivity contribution < 1.29 is 14.7 Å². The SMILES string of the molecule is N#Cc1c(NC(=O)[C@@H]2[C@H](C(=O)O)[C@H]3C=C[C@H]2C3)sc2c1CCCC2. The zero-order valence-electron chi connectivity index (χ0n) is 13.1. The quantitative estimate of drug-likeness (QED) is 0.826. The van der Waals surface area contributed by atoms with E-state index in [2.05, 4.69) is 11.4 Å². The van der Waals surface area contributed by atoms with Crippen LogP contribution in [0.3, 0.4) is 0 Å². The molecule has 6 heteroatoms. The average molecular weight is 342 g/mol. The molecule has 1 heterocycles. The summed E-state index contributed by atoms with van der Waals surface area (Å²) in [7, 11) is 0.